The number of benzene rings is 1. The molecule has 4 nitrogen and oxygen atoms in total. The van der Waals surface area contributed by atoms with Crippen molar-refractivity contribution in [2.45, 2.75) is 6.92 Å². The van der Waals surface area contributed by atoms with Crippen molar-refractivity contribution in [1.29, 1.82) is 0 Å². The molecule has 0 saturated carbocycles. The average Bonchev–Trinajstić information content (AvgIpc) is 2.17. The maximum absolute atomic E-state index is 8.89. The van der Waals surface area contributed by atoms with Crippen LogP contribution in [-0.2, 0) is 4.79 Å². The molecule has 0 spiro atoms. The van der Waals surface area contributed by atoms with Gasteiger partial charge in [0.1, 0.15) is 0 Å². The second kappa shape index (κ2) is 7.34. The van der Waals surface area contributed by atoms with Crippen LogP contribution in [0.2, 0.25) is 0 Å². The van der Waals surface area contributed by atoms with Crippen molar-refractivity contribution in [2.75, 3.05) is 0 Å². The van der Waals surface area contributed by atoms with Crippen LogP contribution in [0, 0.1) is 0 Å². The number of hydrogen-bond acceptors (Lipinski definition) is 4. The van der Waals surface area contributed by atoms with Crippen LogP contribution in [0.4, 0.5) is 0 Å². The Morgan fingerprint density at radius 3 is 1.80 bits per heavy atom. The molecule has 1 aromatic heterocycles. The van der Waals surface area contributed by atoms with Crippen molar-refractivity contribution in [3.8, 4) is 0 Å². The van der Waals surface area contributed by atoms with Gasteiger partial charge in [0.05, 0.1) is 12.4 Å². The zero-order valence-corrected chi connectivity index (χ0v) is 10.7. The number of aromatic nitrogens is 2. The van der Waals surface area contributed by atoms with Gasteiger partial charge in [0.2, 0.25) is 0 Å². The van der Waals surface area contributed by atoms with Crippen molar-refractivity contribution in [2.24, 2.45) is 0 Å². The van der Waals surface area contributed by atoms with Gasteiger partial charge in [-0.05, 0) is 6.92 Å². The first kappa shape index (κ1) is 14.0. The summed E-state index contributed by atoms with van der Waals surface area (Å²) in [4.78, 5) is 8.89. The predicted molar refractivity (Wildman–Crippen MR) is 50.2 cm³/mol. The number of aliphatic carboxylic acids is 1. The van der Waals surface area contributed by atoms with Crippen molar-refractivity contribution >= 4 is 16.7 Å². The van der Waals surface area contributed by atoms with E-state index < -0.39 is 5.97 Å². The number of carboxylic acids is 1. The minimum absolute atomic E-state index is 0. The number of carbonyl (C=O) groups is 1. The van der Waals surface area contributed by atoms with Crippen molar-refractivity contribution in [3.63, 3.8) is 0 Å². The van der Waals surface area contributed by atoms with Crippen LogP contribution in [-0.4, -0.2) is 16.2 Å². The van der Waals surface area contributed by atoms with Crippen molar-refractivity contribution < 1.29 is 39.5 Å². The molecule has 0 bridgehead atoms. The molecule has 0 saturated heterocycles. The molecule has 0 amide bonds. The smallest absolute Gasteiger partial charge is 0.550 e. The molecule has 15 heavy (non-hydrogen) atoms. The fraction of sp³-hybridized carbons (Fsp3) is 0.100. The SMILES string of the molecule is CC(=O)[O-].[Na+].c1ccc2cnncc2c1. The molecule has 0 aliphatic heterocycles. The molecule has 2 rings (SSSR count). The fourth-order valence-corrected chi connectivity index (χ4v) is 0.937. The number of carboxylic acid groups (broad SMARTS) is 1. The number of nitrogens with zero attached hydrogens (tertiary/aromatic N) is 2. The van der Waals surface area contributed by atoms with Gasteiger partial charge in [0, 0.05) is 16.7 Å². The topological polar surface area (TPSA) is 65.9 Å². The van der Waals surface area contributed by atoms with Gasteiger partial charge >= 0.3 is 29.6 Å². The molecular weight excluding hydrogens is 203 g/mol. The fourth-order valence-electron chi connectivity index (χ4n) is 0.937. The first-order valence-corrected chi connectivity index (χ1v) is 4.03. The molecule has 0 atom stereocenters. The average molecular weight is 212 g/mol. The van der Waals surface area contributed by atoms with Crippen molar-refractivity contribution in [3.05, 3.63) is 36.7 Å². The van der Waals surface area contributed by atoms with E-state index in [9.17, 15) is 0 Å². The Balaban J connectivity index is 0.000000346. The van der Waals surface area contributed by atoms with E-state index in [-0.39, 0.29) is 29.6 Å². The molecule has 0 aliphatic rings. The van der Waals surface area contributed by atoms with Crippen LogP contribution >= 0.6 is 0 Å². The van der Waals surface area contributed by atoms with Gasteiger partial charge in [-0.3, -0.25) is 0 Å². The summed E-state index contributed by atoms with van der Waals surface area (Å²) in [5, 5.41) is 18.7. The summed E-state index contributed by atoms with van der Waals surface area (Å²) in [7, 11) is 0. The molecule has 2 aromatic rings. The van der Waals surface area contributed by atoms with Gasteiger partial charge in [0.15, 0.2) is 0 Å². The Hall–Kier alpha value is -0.970. The molecule has 0 unspecified atom stereocenters. The summed E-state index contributed by atoms with van der Waals surface area (Å²) < 4.78 is 0. The molecule has 0 N–H and O–H groups in total. The molecule has 5 heteroatoms. The Kier molecular flexibility index (Phi) is 6.86. The first-order chi connectivity index (χ1) is 6.70. The van der Waals surface area contributed by atoms with E-state index in [0.717, 1.165) is 17.7 Å². The minimum Gasteiger partial charge on any atom is -0.550 e. The van der Waals surface area contributed by atoms with E-state index in [2.05, 4.69) is 10.2 Å². The zero-order valence-electron chi connectivity index (χ0n) is 8.68. The summed E-state index contributed by atoms with van der Waals surface area (Å²) >= 11 is 0. The summed E-state index contributed by atoms with van der Waals surface area (Å²) in [5.74, 6) is -1.08. The predicted octanol–water partition coefficient (Wildman–Crippen LogP) is -2.61. The Labute approximate surface area is 110 Å². The number of rotatable bonds is 0. The third kappa shape index (κ3) is 5.47. The molecule has 0 aliphatic carbocycles. The third-order valence-corrected chi connectivity index (χ3v) is 1.46. The quantitative estimate of drug-likeness (QED) is 0.449. The van der Waals surface area contributed by atoms with Crippen LogP contribution in [0.5, 0.6) is 0 Å². The van der Waals surface area contributed by atoms with E-state index in [1.54, 1.807) is 12.4 Å². The Morgan fingerprint density at radius 2 is 1.47 bits per heavy atom. The number of hydrogen-bond donors (Lipinski definition) is 0. The van der Waals surface area contributed by atoms with Gasteiger partial charge in [-0.15, -0.1) is 0 Å². The Morgan fingerprint density at radius 1 is 1.13 bits per heavy atom. The minimum atomic E-state index is -1.08. The summed E-state index contributed by atoms with van der Waals surface area (Å²) in [6.07, 6.45) is 3.52. The van der Waals surface area contributed by atoms with Crippen LogP contribution in [0.15, 0.2) is 36.7 Å². The van der Waals surface area contributed by atoms with Gasteiger partial charge in [-0.25, -0.2) is 0 Å². The summed E-state index contributed by atoms with van der Waals surface area (Å²) in [5.41, 5.74) is 0. The molecule has 0 radical (unpaired) electrons. The van der Waals surface area contributed by atoms with Gasteiger partial charge < -0.3 is 9.90 Å². The normalized spacial score (nSPS) is 8.33. The number of fused-ring (bicyclic) bond motifs is 1. The Bertz CT molecular complexity index is 365. The summed E-state index contributed by atoms with van der Waals surface area (Å²) in [6.45, 7) is 0.972. The van der Waals surface area contributed by atoms with E-state index in [1.165, 1.54) is 0 Å². The van der Waals surface area contributed by atoms with Gasteiger partial charge in [0.25, 0.3) is 0 Å². The van der Waals surface area contributed by atoms with Crippen LogP contribution in [0.3, 0.4) is 0 Å². The molecular formula is C10H9N2NaO2. The number of carbonyl (C=O) groups excluding carboxylic acids is 1. The van der Waals surface area contributed by atoms with Crippen LogP contribution < -0.4 is 34.7 Å². The molecule has 0 fully saturated rings. The van der Waals surface area contributed by atoms with Crippen molar-refractivity contribution in [1.82, 2.24) is 10.2 Å². The molecule has 1 heterocycles. The largest absolute Gasteiger partial charge is 1.00 e. The van der Waals surface area contributed by atoms with Crippen LogP contribution in [0.1, 0.15) is 6.92 Å². The third-order valence-electron chi connectivity index (χ3n) is 1.46. The van der Waals surface area contributed by atoms with Crippen LogP contribution in [0.25, 0.3) is 10.8 Å². The van der Waals surface area contributed by atoms with E-state index in [4.69, 9.17) is 9.90 Å². The van der Waals surface area contributed by atoms with E-state index >= 15 is 0 Å². The first-order valence-electron chi connectivity index (χ1n) is 4.03. The van der Waals surface area contributed by atoms with Gasteiger partial charge in [-0.2, -0.15) is 10.2 Å². The maximum Gasteiger partial charge on any atom is 1.00 e. The monoisotopic (exact) mass is 212 g/mol. The second-order valence-electron chi connectivity index (χ2n) is 2.61. The van der Waals surface area contributed by atoms with E-state index in [1.807, 2.05) is 24.3 Å². The summed E-state index contributed by atoms with van der Waals surface area (Å²) in [6, 6.07) is 8.02. The standard InChI is InChI=1S/C8H6N2.C2H4O2.Na/c1-2-4-8-6-10-9-5-7(8)3-1;1-2(3)4;/h1-6H;1H3,(H,3,4);/q;;+1/p-1. The maximum atomic E-state index is 8.89. The van der Waals surface area contributed by atoms with E-state index in [0.29, 0.717) is 0 Å². The molecule has 72 valence electrons. The molecule has 1 aromatic carbocycles. The zero-order chi connectivity index (χ0) is 10.4. The van der Waals surface area contributed by atoms with Gasteiger partial charge in [-0.1, -0.05) is 24.3 Å². The second-order valence-corrected chi connectivity index (χ2v) is 2.61.